The van der Waals surface area contributed by atoms with E-state index in [4.69, 9.17) is 4.74 Å². The fourth-order valence-electron chi connectivity index (χ4n) is 2.99. The molecule has 0 fully saturated rings. The summed E-state index contributed by atoms with van der Waals surface area (Å²) in [5.41, 5.74) is 1.44. The molecule has 0 radical (unpaired) electrons. The second-order valence-electron chi connectivity index (χ2n) is 6.22. The van der Waals surface area contributed by atoms with Crippen molar-refractivity contribution in [1.82, 2.24) is 5.32 Å². The normalized spacial score (nSPS) is 15.6. The average Bonchev–Trinajstić information content (AvgIpc) is 2.71. The van der Waals surface area contributed by atoms with Crippen molar-refractivity contribution in [2.24, 2.45) is 0 Å². The van der Waals surface area contributed by atoms with E-state index < -0.39 is 12.7 Å². The number of aryl methyl sites for hydroxylation is 1. The van der Waals surface area contributed by atoms with Crippen LogP contribution >= 0.6 is 0 Å². The van der Waals surface area contributed by atoms with E-state index in [0.29, 0.717) is 17.9 Å². The van der Waals surface area contributed by atoms with Crippen molar-refractivity contribution in [3.05, 3.63) is 54.1 Å². The molecule has 3 rings (SSSR count). The molecular weight excluding hydrogens is 370 g/mol. The maximum absolute atomic E-state index is 12.8. The van der Waals surface area contributed by atoms with E-state index in [9.17, 15) is 18.4 Å². The van der Waals surface area contributed by atoms with Crippen molar-refractivity contribution in [2.45, 2.75) is 25.6 Å². The van der Waals surface area contributed by atoms with Gasteiger partial charge in [0.25, 0.3) is 5.91 Å². The van der Waals surface area contributed by atoms with E-state index in [0.717, 1.165) is 5.56 Å². The van der Waals surface area contributed by atoms with Crippen LogP contribution < -0.4 is 19.7 Å². The van der Waals surface area contributed by atoms with E-state index >= 15 is 0 Å². The van der Waals surface area contributed by atoms with Crippen LogP contribution in [0.5, 0.6) is 11.5 Å². The average molecular weight is 390 g/mol. The molecule has 1 aliphatic heterocycles. The van der Waals surface area contributed by atoms with Gasteiger partial charge in [0.05, 0.1) is 12.2 Å². The fourth-order valence-corrected chi connectivity index (χ4v) is 2.99. The topological polar surface area (TPSA) is 67.9 Å². The van der Waals surface area contributed by atoms with Crippen LogP contribution in [0.15, 0.2) is 48.5 Å². The van der Waals surface area contributed by atoms with Crippen LogP contribution in [0.25, 0.3) is 0 Å². The highest BCUT2D eigenvalue weighted by atomic mass is 19.3. The predicted molar refractivity (Wildman–Crippen MR) is 98.7 cm³/mol. The lowest BCUT2D eigenvalue weighted by atomic mass is 10.1. The molecule has 6 nitrogen and oxygen atoms in total. The Bertz CT molecular complexity index is 842. The number of hydrogen-bond donors (Lipinski definition) is 1. The Balaban J connectivity index is 1.68. The summed E-state index contributed by atoms with van der Waals surface area (Å²) in [6.07, 6.45) is -0.156. The maximum atomic E-state index is 12.8. The molecule has 0 aromatic heterocycles. The molecule has 8 heteroatoms. The Kier molecular flexibility index (Phi) is 6.08. The van der Waals surface area contributed by atoms with Crippen molar-refractivity contribution in [2.75, 3.05) is 18.5 Å². The first-order valence-electron chi connectivity index (χ1n) is 8.79. The molecule has 0 unspecified atom stereocenters. The summed E-state index contributed by atoms with van der Waals surface area (Å²) in [5, 5.41) is 2.53. The first-order valence-corrected chi connectivity index (χ1v) is 8.79. The van der Waals surface area contributed by atoms with Gasteiger partial charge in [0.1, 0.15) is 11.5 Å². The van der Waals surface area contributed by atoms with E-state index in [1.807, 2.05) is 0 Å². The van der Waals surface area contributed by atoms with Crippen LogP contribution in [0.2, 0.25) is 0 Å². The summed E-state index contributed by atoms with van der Waals surface area (Å²) in [6, 6.07) is 13.2. The number of para-hydroxylation sites is 2. The first-order chi connectivity index (χ1) is 13.5. The van der Waals surface area contributed by atoms with Crippen molar-refractivity contribution >= 4 is 17.5 Å². The number of anilines is 1. The lowest BCUT2D eigenvalue weighted by molar-refractivity contribution is -0.127. The lowest BCUT2D eigenvalue weighted by Crippen LogP contribution is -2.50. The molecule has 1 atom stereocenters. The number of carbonyl (C=O) groups is 2. The Morgan fingerprint density at radius 1 is 1.21 bits per heavy atom. The molecule has 1 heterocycles. The van der Waals surface area contributed by atoms with Crippen LogP contribution in [-0.2, 0) is 16.0 Å². The molecule has 2 aromatic carbocycles. The summed E-state index contributed by atoms with van der Waals surface area (Å²) in [4.78, 5) is 26.4. The maximum Gasteiger partial charge on any atom is 0.387 e. The molecule has 1 aliphatic rings. The molecule has 0 saturated heterocycles. The van der Waals surface area contributed by atoms with Gasteiger partial charge in [-0.15, -0.1) is 0 Å². The number of likely N-dealkylation sites (N-methyl/N-ethyl adjacent to an activating group) is 1. The number of nitrogens with zero attached hydrogens (tertiary/aromatic N) is 1. The molecular formula is C20H20F2N2O4. The van der Waals surface area contributed by atoms with Crippen LogP contribution in [0.1, 0.15) is 12.0 Å². The summed E-state index contributed by atoms with van der Waals surface area (Å²) in [7, 11) is 1.51. The third-order valence-electron chi connectivity index (χ3n) is 4.39. The van der Waals surface area contributed by atoms with Crippen molar-refractivity contribution < 1.29 is 27.8 Å². The Morgan fingerprint density at radius 3 is 2.61 bits per heavy atom. The molecule has 2 aromatic rings. The van der Waals surface area contributed by atoms with Gasteiger partial charge in [0.2, 0.25) is 5.91 Å². The Morgan fingerprint density at radius 2 is 1.93 bits per heavy atom. The van der Waals surface area contributed by atoms with Gasteiger partial charge in [-0.3, -0.25) is 9.59 Å². The van der Waals surface area contributed by atoms with Gasteiger partial charge in [0, 0.05) is 13.5 Å². The van der Waals surface area contributed by atoms with E-state index in [1.165, 1.54) is 19.2 Å². The van der Waals surface area contributed by atoms with Crippen LogP contribution in [0, 0.1) is 0 Å². The number of rotatable bonds is 6. The minimum atomic E-state index is -2.87. The number of amides is 2. The number of alkyl halides is 2. The second kappa shape index (κ2) is 8.69. The SMILES string of the molecule is CNC(=O)[C@@H]1CN(C(=O)CCc2ccc(OC(F)F)cc2)c2ccccc2O1. The number of hydrogen-bond acceptors (Lipinski definition) is 4. The molecule has 28 heavy (non-hydrogen) atoms. The highest BCUT2D eigenvalue weighted by Gasteiger charge is 2.32. The number of nitrogens with one attached hydrogen (secondary N) is 1. The van der Waals surface area contributed by atoms with Gasteiger partial charge >= 0.3 is 6.61 Å². The highest BCUT2D eigenvalue weighted by molar-refractivity contribution is 5.97. The number of fused-ring (bicyclic) bond motifs is 1. The van der Waals surface area contributed by atoms with E-state index in [1.54, 1.807) is 41.3 Å². The largest absolute Gasteiger partial charge is 0.477 e. The number of benzene rings is 2. The first kappa shape index (κ1) is 19.6. The third kappa shape index (κ3) is 4.57. The van der Waals surface area contributed by atoms with Crippen molar-refractivity contribution in [1.29, 1.82) is 0 Å². The molecule has 0 saturated carbocycles. The van der Waals surface area contributed by atoms with Gasteiger partial charge in [0.15, 0.2) is 6.10 Å². The van der Waals surface area contributed by atoms with Gasteiger partial charge < -0.3 is 19.7 Å². The van der Waals surface area contributed by atoms with Crippen LogP contribution in [0.3, 0.4) is 0 Å². The minimum Gasteiger partial charge on any atom is -0.477 e. The predicted octanol–water partition coefficient (Wildman–Crippen LogP) is 2.76. The molecule has 0 aliphatic carbocycles. The third-order valence-corrected chi connectivity index (χ3v) is 4.39. The van der Waals surface area contributed by atoms with E-state index in [2.05, 4.69) is 10.1 Å². The van der Waals surface area contributed by atoms with E-state index in [-0.39, 0.29) is 30.5 Å². The Labute approximate surface area is 161 Å². The van der Waals surface area contributed by atoms with Gasteiger partial charge in [-0.2, -0.15) is 8.78 Å². The molecule has 0 bridgehead atoms. The Hall–Kier alpha value is -3.16. The number of halogens is 2. The van der Waals surface area contributed by atoms with Crippen molar-refractivity contribution in [3.8, 4) is 11.5 Å². The summed E-state index contributed by atoms with van der Waals surface area (Å²) >= 11 is 0. The number of ether oxygens (including phenoxy) is 2. The van der Waals surface area contributed by atoms with Gasteiger partial charge in [-0.25, -0.2) is 0 Å². The van der Waals surface area contributed by atoms with Crippen LogP contribution in [0.4, 0.5) is 14.5 Å². The zero-order valence-electron chi connectivity index (χ0n) is 15.2. The van der Waals surface area contributed by atoms with Crippen molar-refractivity contribution in [3.63, 3.8) is 0 Å². The molecule has 1 N–H and O–H groups in total. The minimum absolute atomic E-state index is 0.0700. The molecule has 148 valence electrons. The summed E-state index contributed by atoms with van der Waals surface area (Å²) in [6.45, 7) is -2.75. The lowest BCUT2D eigenvalue weighted by Gasteiger charge is -2.34. The molecule has 2 amide bonds. The smallest absolute Gasteiger partial charge is 0.387 e. The summed E-state index contributed by atoms with van der Waals surface area (Å²) in [5.74, 6) is 0.0873. The second-order valence-corrected chi connectivity index (χ2v) is 6.22. The zero-order chi connectivity index (χ0) is 20.1. The summed E-state index contributed by atoms with van der Waals surface area (Å²) < 4.78 is 34.4. The highest BCUT2D eigenvalue weighted by Crippen LogP contribution is 2.33. The zero-order valence-corrected chi connectivity index (χ0v) is 15.2. The monoisotopic (exact) mass is 390 g/mol. The quantitative estimate of drug-likeness (QED) is 0.824. The van der Waals surface area contributed by atoms with Gasteiger partial charge in [-0.05, 0) is 36.2 Å². The fraction of sp³-hybridized carbons (Fsp3) is 0.300. The van der Waals surface area contributed by atoms with Crippen LogP contribution in [-0.4, -0.2) is 38.1 Å². The standard InChI is InChI=1S/C20H20F2N2O4/c1-23-19(26)17-12-24(15-4-2-3-5-16(15)28-17)18(25)11-8-13-6-9-14(10-7-13)27-20(21)22/h2-7,9-10,17,20H,8,11-12H2,1H3,(H,23,26)/t17-/m0/s1. The van der Waals surface area contributed by atoms with Gasteiger partial charge in [-0.1, -0.05) is 24.3 Å². The number of carbonyl (C=O) groups excluding carboxylic acids is 2. The molecule has 0 spiro atoms.